The van der Waals surface area contributed by atoms with E-state index in [1.54, 1.807) is 36.4 Å². The van der Waals surface area contributed by atoms with Crippen LogP contribution >= 0.6 is 11.6 Å². The Morgan fingerprint density at radius 2 is 1.49 bits per heavy atom. The van der Waals surface area contributed by atoms with E-state index in [9.17, 15) is 22.8 Å². The lowest BCUT2D eigenvalue weighted by molar-refractivity contribution is -0.137. The van der Waals surface area contributed by atoms with Crippen molar-refractivity contribution in [2.75, 3.05) is 13.2 Å². The van der Waals surface area contributed by atoms with Crippen molar-refractivity contribution in [1.82, 2.24) is 10.6 Å². The minimum atomic E-state index is -4.50. The molecule has 0 radical (unpaired) electrons. The van der Waals surface area contributed by atoms with Gasteiger partial charge in [-0.2, -0.15) is 13.2 Å². The first-order valence-corrected chi connectivity index (χ1v) is 10.7. The summed E-state index contributed by atoms with van der Waals surface area (Å²) < 4.78 is 44.1. The summed E-state index contributed by atoms with van der Waals surface area (Å²) in [4.78, 5) is 25.2. The molecular weight excluding hydrogens is 485 g/mol. The van der Waals surface area contributed by atoms with Crippen LogP contribution in [0.4, 0.5) is 13.2 Å². The number of benzene rings is 3. The van der Waals surface area contributed by atoms with Crippen molar-refractivity contribution in [2.24, 2.45) is 0 Å². The number of aliphatic hydroxyl groups excluding tert-OH is 1. The number of ether oxygens (including phenoxy) is 1. The molecule has 3 rings (SSSR count). The molecule has 0 aromatic heterocycles. The van der Waals surface area contributed by atoms with Gasteiger partial charge in [-0.1, -0.05) is 23.7 Å². The van der Waals surface area contributed by atoms with Gasteiger partial charge in [-0.05, 0) is 72.3 Å². The second kappa shape index (κ2) is 11.5. The van der Waals surface area contributed by atoms with Crippen molar-refractivity contribution in [2.45, 2.75) is 6.18 Å². The van der Waals surface area contributed by atoms with Crippen molar-refractivity contribution in [3.8, 4) is 11.5 Å². The zero-order valence-electron chi connectivity index (χ0n) is 18.1. The fourth-order valence-corrected chi connectivity index (χ4v) is 2.99. The summed E-state index contributed by atoms with van der Waals surface area (Å²) in [5, 5.41) is 14.4. The molecule has 6 nitrogen and oxygen atoms in total. The molecule has 0 aliphatic carbocycles. The highest BCUT2D eigenvalue weighted by Gasteiger charge is 2.29. The summed E-state index contributed by atoms with van der Waals surface area (Å²) in [6, 6.07) is 16.9. The molecule has 0 spiro atoms. The molecule has 0 fully saturated rings. The number of carbonyl (C=O) groups is 2. The van der Waals surface area contributed by atoms with Crippen LogP contribution in [0, 0.1) is 0 Å². The van der Waals surface area contributed by atoms with Crippen LogP contribution in [0.1, 0.15) is 21.5 Å². The lowest BCUT2D eigenvalue weighted by Gasteiger charge is -2.12. The molecule has 0 atom stereocenters. The number of halogens is 4. The first-order valence-electron chi connectivity index (χ1n) is 10.3. The van der Waals surface area contributed by atoms with Crippen molar-refractivity contribution in [1.29, 1.82) is 0 Å². The number of carbonyl (C=O) groups excluding carboxylic acids is 2. The summed E-state index contributed by atoms with van der Waals surface area (Å²) in [7, 11) is 0. The van der Waals surface area contributed by atoms with Crippen LogP contribution in [0.15, 0.2) is 78.5 Å². The molecular formula is C25H20ClF3N2O4. The third kappa shape index (κ3) is 7.59. The van der Waals surface area contributed by atoms with Crippen LogP contribution in [-0.2, 0) is 11.0 Å². The Bertz CT molecular complexity index is 1190. The van der Waals surface area contributed by atoms with Crippen molar-refractivity contribution < 1.29 is 32.6 Å². The van der Waals surface area contributed by atoms with Gasteiger partial charge in [0.25, 0.3) is 11.8 Å². The topological polar surface area (TPSA) is 87.7 Å². The van der Waals surface area contributed by atoms with Gasteiger partial charge < -0.3 is 20.5 Å². The molecule has 2 amide bonds. The first-order chi connectivity index (χ1) is 16.7. The molecule has 3 N–H and O–H groups in total. The summed E-state index contributed by atoms with van der Waals surface area (Å²) in [6.07, 6.45) is -3.26. The van der Waals surface area contributed by atoms with Gasteiger partial charge >= 0.3 is 6.18 Å². The highest BCUT2D eigenvalue weighted by atomic mass is 35.5. The van der Waals surface area contributed by atoms with Crippen LogP contribution in [-0.4, -0.2) is 30.1 Å². The van der Waals surface area contributed by atoms with E-state index in [1.807, 2.05) is 0 Å². The van der Waals surface area contributed by atoms with Crippen molar-refractivity contribution in [3.63, 3.8) is 0 Å². The van der Waals surface area contributed by atoms with E-state index in [0.29, 0.717) is 16.5 Å². The molecule has 3 aromatic carbocycles. The Balaban J connectivity index is 1.76. The second-order valence-electron chi connectivity index (χ2n) is 7.19. The molecule has 0 bridgehead atoms. The fraction of sp³-hybridized carbons (Fsp3) is 0.120. The smallest absolute Gasteiger partial charge is 0.416 e. The standard InChI is InChI=1S/C25H20ClF3N2O4/c26-19-7-11-21(12-8-19)35-20-9-3-17(4-10-20)23(33)31-22(24(34)30-13-14-32)15-16-1-5-18(6-2-16)25(27,28)29/h1-12,15,32H,13-14H2,(H,30,34)(H,31,33)/b22-15-. The van der Waals surface area contributed by atoms with Gasteiger partial charge in [-0.3, -0.25) is 9.59 Å². The molecule has 0 aliphatic heterocycles. The average Bonchev–Trinajstić information content (AvgIpc) is 2.83. The second-order valence-corrected chi connectivity index (χ2v) is 7.63. The van der Waals surface area contributed by atoms with E-state index in [2.05, 4.69) is 10.6 Å². The maximum Gasteiger partial charge on any atom is 0.416 e. The third-order valence-electron chi connectivity index (χ3n) is 4.61. The number of nitrogens with one attached hydrogen (secondary N) is 2. The van der Waals surface area contributed by atoms with Gasteiger partial charge in [0.05, 0.1) is 12.2 Å². The molecule has 182 valence electrons. The zero-order chi connectivity index (χ0) is 25.4. The van der Waals surface area contributed by atoms with Crippen LogP contribution in [0.3, 0.4) is 0 Å². The van der Waals surface area contributed by atoms with E-state index >= 15 is 0 Å². The number of aliphatic hydroxyl groups is 1. The Morgan fingerprint density at radius 3 is 2.03 bits per heavy atom. The SMILES string of the molecule is O=C(NCCO)/C(=C/c1ccc(C(F)(F)F)cc1)NC(=O)c1ccc(Oc2ccc(Cl)cc2)cc1. The Morgan fingerprint density at radius 1 is 0.914 bits per heavy atom. The summed E-state index contributed by atoms with van der Waals surface area (Å²) in [5.41, 5.74) is -0.573. The Labute approximate surface area is 204 Å². The van der Waals surface area contributed by atoms with E-state index in [0.717, 1.165) is 12.1 Å². The normalized spacial score (nSPS) is 11.6. The number of alkyl halides is 3. The van der Waals surface area contributed by atoms with Gasteiger partial charge in [0.1, 0.15) is 17.2 Å². The maximum atomic E-state index is 12.8. The van der Waals surface area contributed by atoms with Gasteiger partial charge in [0, 0.05) is 17.1 Å². The van der Waals surface area contributed by atoms with E-state index in [-0.39, 0.29) is 30.0 Å². The summed E-state index contributed by atoms with van der Waals surface area (Å²) >= 11 is 5.85. The quantitative estimate of drug-likeness (QED) is 0.375. The minimum absolute atomic E-state index is 0.0736. The molecule has 0 aliphatic rings. The largest absolute Gasteiger partial charge is 0.457 e. The molecule has 35 heavy (non-hydrogen) atoms. The first kappa shape index (κ1) is 25.8. The highest BCUT2D eigenvalue weighted by molar-refractivity contribution is 6.30. The highest BCUT2D eigenvalue weighted by Crippen LogP contribution is 2.29. The van der Waals surface area contributed by atoms with Gasteiger partial charge in [0.2, 0.25) is 0 Å². The molecule has 0 unspecified atom stereocenters. The Kier molecular flexibility index (Phi) is 8.51. The van der Waals surface area contributed by atoms with Crippen molar-refractivity contribution >= 4 is 29.5 Å². The molecule has 0 heterocycles. The monoisotopic (exact) mass is 504 g/mol. The molecule has 0 saturated carbocycles. The maximum absolute atomic E-state index is 12.8. The predicted octanol–water partition coefficient (Wildman–Crippen LogP) is 5.03. The van der Waals surface area contributed by atoms with Crippen molar-refractivity contribution in [3.05, 3.63) is 100 Å². The van der Waals surface area contributed by atoms with Gasteiger partial charge in [-0.25, -0.2) is 0 Å². The number of hydrogen-bond acceptors (Lipinski definition) is 4. The van der Waals surface area contributed by atoms with E-state index in [1.165, 1.54) is 30.3 Å². The number of hydrogen-bond donors (Lipinski definition) is 3. The molecule has 0 saturated heterocycles. The minimum Gasteiger partial charge on any atom is -0.457 e. The average molecular weight is 505 g/mol. The Hall–Kier alpha value is -3.82. The number of amides is 2. The summed E-state index contributed by atoms with van der Waals surface area (Å²) in [5.74, 6) is -0.325. The van der Waals surface area contributed by atoms with Gasteiger partial charge in [0.15, 0.2) is 0 Å². The predicted molar refractivity (Wildman–Crippen MR) is 125 cm³/mol. The lowest BCUT2D eigenvalue weighted by Crippen LogP contribution is -2.36. The van der Waals surface area contributed by atoms with Crippen LogP contribution in [0.2, 0.25) is 5.02 Å². The molecule has 10 heteroatoms. The van der Waals surface area contributed by atoms with Crippen LogP contribution in [0.25, 0.3) is 6.08 Å². The summed E-state index contributed by atoms with van der Waals surface area (Å²) in [6.45, 7) is -0.405. The van der Waals surface area contributed by atoms with E-state index in [4.69, 9.17) is 21.4 Å². The molecule has 3 aromatic rings. The van der Waals surface area contributed by atoms with Gasteiger partial charge in [-0.15, -0.1) is 0 Å². The zero-order valence-corrected chi connectivity index (χ0v) is 18.9. The fourth-order valence-electron chi connectivity index (χ4n) is 2.87. The number of rotatable bonds is 8. The van der Waals surface area contributed by atoms with E-state index < -0.39 is 23.6 Å². The van der Waals surface area contributed by atoms with Crippen LogP contribution < -0.4 is 15.4 Å². The third-order valence-corrected chi connectivity index (χ3v) is 4.86. The van der Waals surface area contributed by atoms with Crippen LogP contribution in [0.5, 0.6) is 11.5 Å². The lowest BCUT2D eigenvalue weighted by atomic mass is 10.1.